The van der Waals surface area contributed by atoms with E-state index in [2.05, 4.69) is 21.4 Å². The Balaban J connectivity index is 2.13. The molecule has 0 saturated carbocycles. The van der Waals surface area contributed by atoms with Crippen LogP contribution in [0, 0.1) is 11.3 Å². The third-order valence-corrected chi connectivity index (χ3v) is 2.58. The number of hydrogen-bond acceptors (Lipinski definition) is 5. The first-order chi connectivity index (χ1) is 9.70. The molecule has 0 unspecified atom stereocenters. The van der Waals surface area contributed by atoms with E-state index in [1.165, 1.54) is 0 Å². The number of pyridine rings is 2. The number of nitriles is 1. The lowest BCUT2D eigenvalue weighted by atomic mass is 10.2. The van der Waals surface area contributed by atoms with Gasteiger partial charge >= 0.3 is 0 Å². The lowest BCUT2D eigenvalue weighted by Crippen LogP contribution is -2.10. The highest BCUT2D eigenvalue weighted by Gasteiger charge is 2.08. The van der Waals surface area contributed by atoms with Crippen LogP contribution in [-0.2, 0) is 6.54 Å². The Hall–Kier alpha value is -2.61. The molecule has 5 nitrogen and oxygen atoms in total. The average Bonchev–Trinajstić information content (AvgIpc) is 2.46. The van der Waals surface area contributed by atoms with Gasteiger partial charge in [-0.25, -0.2) is 9.97 Å². The van der Waals surface area contributed by atoms with Gasteiger partial charge in [-0.2, -0.15) is 5.26 Å². The predicted molar refractivity (Wildman–Crippen MR) is 76.3 cm³/mol. The van der Waals surface area contributed by atoms with Crippen molar-refractivity contribution in [1.29, 1.82) is 5.26 Å². The van der Waals surface area contributed by atoms with Gasteiger partial charge in [0.1, 0.15) is 11.8 Å². The molecular weight excluding hydrogens is 252 g/mol. The molecule has 0 spiro atoms. The van der Waals surface area contributed by atoms with Crippen molar-refractivity contribution in [2.75, 3.05) is 5.32 Å². The Bertz CT molecular complexity index is 619. The molecule has 0 aliphatic heterocycles. The highest BCUT2D eigenvalue weighted by atomic mass is 16.5. The summed E-state index contributed by atoms with van der Waals surface area (Å²) in [7, 11) is 0. The fourth-order valence-electron chi connectivity index (χ4n) is 1.71. The van der Waals surface area contributed by atoms with Crippen molar-refractivity contribution in [3.05, 3.63) is 47.9 Å². The molecule has 0 bridgehead atoms. The first kappa shape index (κ1) is 13.8. The van der Waals surface area contributed by atoms with E-state index in [0.29, 0.717) is 18.1 Å². The van der Waals surface area contributed by atoms with Gasteiger partial charge in [0, 0.05) is 24.5 Å². The van der Waals surface area contributed by atoms with Crippen LogP contribution in [-0.4, -0.2) is 16.1 Å². The van der Waals surface area contributed by atoms with E-state index in [1.807, 2.05) is 38.1 Å². The molecule has 0 fully saturated rings. The third kappa shape index (κ3) is 3.45. The second-order valence-electron chi connectivity index (χ2n) is 4.50. The molecule has 2 heterocycles. The number of rotatable bonds is 5. The van der Waals surface area contributed by atoms with E-state index in [0.717, 1.165) is 11.3 Å². The van der Waals surface area contributed by atoms with Gasteiger partial charge in [-0.1, -0.05) is 6.07 Å². The molecule has 2 rings (SSSR count). The van der Waals surface area contributed by atoms with Gasteiger partial charge in [0.15, 0.2) is 0 Å². The van der Waals surface area contributed by atoms with Crippen molar-refractivity contribution >= 4 is 5.69 Å². The molecule has 0 amide bonds. The SMILES string of the molecule is CC(C)Oc1ncccc1NCc1cccnc1C#N. The molecule has 2 aromatic rings. The van der Waals surface area contributed by atoms with Crippen LogP contribution in [0.4, 0.5) is 5.69 Å². The zero-order chi connectivity index (χ0) is 14.4. The van der Waals surface area contributed by atoms with Crippen LogP contribution < -0.4 is 10.1 Å². The van der Waals surface area contributed by atoms with Crippen molar-refractivity contribution in [2.45, 2.75) is 26.5 Å². The highest BCUT2D eigenvalue weighted by molar-refractivity contribution is 5.52. The minimum Gasteiger partial charge on any atom is -0.473 e. The summed E-state index contributed by atoms with van der Waals surface area (Å²) in [5.41, 5.74) is 2.07. The van der Waals surface area contributed by atoms with Gasteiger partial charge in [-0.3, -0.25) is 0 Å². The Morgan fingerprint density at radius 2 is 2.00 bits per heavy atom. The van der Waals surface area contributed by atoms with Crippen LogP contribution >= 0.6 is 0 Å². The summed E-state index contributed by atoms with van der Waals surface area (Å²) >= 11 is 0. The summed E-state index contributed by atoms with van der Waals surface area (Å²) < 4.78 is 5.64. The lowest BCUT2D eigenvalue weighted by molar-refractivity contribution is 0.234. The van der Waals surface area contributed by atoms with Crippen molar-refractivity contribution in [3.8, 4) is 11.9 Å². The molecule has 0 aliphatic rings. The van der Waals surface area contributed by atoms with Crippen molar-refractivity contribution in [1.82, 2.24) is 9.97 Å². The number of nitrogens with zero attached hydrogens (tertiary/aromatic N) is 3. The maximum atomic E-state index is 9.01. The Morgan fingerprint density at radius 1 is 1.25 bits per heavy atom. The lowest BCUT2D eigenvalue weighted by Gasteiger charge is -2.14. The second-order valence-corrected chi connectivity index (χ2v) is 4.50. The standard InChI is InChI=1S/C15H16N4O/c1-11(2)20-15-13(6-4-8-18-15)19-10-12-5-3-7-17-14(12)9-16/h3-8,11,19H,10H2,1-2H3. The zero-order valence-electron chi connectivity index (χ0n) is 11.5. The van der Waals surface area contributed by atoms with E-state index in [4.69, 9.17) is 10.00 Å². The minimum absolute atomic E-state index is 0.0542. The zero-order valence-corrected chi connectivity index (χ0v) is 11.5. The van der Waals surface area contributed by atoms with Gasteiger partial charge in [0.05, 0.1) is 11.8 Å². The maximum absolute atomic E-state index is 9.01. The molecule has 1 N–H and O–H groups in total. The van der Waals surface area contributed by atoms with Crippen LogP contribution in [0.2, 0.25) is 0 Å². The number of ether oxygens (including phenoxy) is 1. The summed E-state index contributed by atoms with van der Waals surface area (Å²) in [4.78, 5) is 8.24. The highest BCUT2D eigenvalue weighted by Crippen LogP contribution is 2.22. The summed E-state index contributed by atoms with van der Waals surface area (Å²) in [6, 6.07) is 9.50. The number of aromatic nitrogens is 2. The first-order valence-electron chi connectivity index (χ1n) is 6.40. The summed E-state index contributed by atoms with van der Waals surface area (Å²) in [6.45, 7) is 4.40. The predicted octanol–water partition coefficient (Wildman–Crippen LogP) is 2.75. The topological polar surface area (TPSA) is 70.8 Å². The van der Waals surface area contributed by atoms with E-state index in [1.54, 1.807) is 12.4 Å². The number of hydrogen-bond donors (Lipinski definition) is 1. The largest absolute Gasteiger partial charge is 0.473 e. The van der Waals surface area contributed by atoms with Gasteiger partial charge < -0.3 is 10.1 Å². The maximum Gasteiger partial charge on any atom is 0.237 e. The van der Waals surface area contributed by atoms with Crippen LogP contribution in [0.25, 0.3) is 0 Å². The Morgan fingerprint density at radius 3 is 2.75 bits per heavy atom. The fraction of sp³-hybridized carbons (Fsp3) is 0.267. The normalized spacial score (nSPS) is 10.1. The first-order valence-corrected chi connectivity index (χ1v) is 6.40. The van der Waals surface area contributed by atoms with Crippen LogP contribution in [0.15, 0.2) is 36.7 Å². The summed E-state index contributed by atoms with van der Waals surface area (Å²) in [6.07, 6.45) is 3.35. The van der Waals surface area contributed by atoms with Crippen LogP contribution in [0.1, 0.15) is 25.1 Å². The van der Waals surface area contributed by atoms with Gasteiger partial charge in [0.2, 0.25) is 5.88 Å². The monoisotopic (exact) mass is 268 g/mol. The number of nitrogens with one attached hydrogen (secondary N) is 1. The molecule has 0 aromatic carbocycles. The van der Waals surface area contributed by atoms with E-state index < -0.39 is 0 Å². The molecule has 0 aliphatic carbocycles. The van der Waals surface area contributed by atoms with Gasteiger partial charge in [-0.05, 0) is 32.0 Å². The Labute approximate surface area is 118 Å². The van der Waals surface area contributed by atoms with E-state index >= 15 is 0 Å². The van der Waals surface area contributed by atoms with Gasteiger partial charge in [-0.15, -0.1) is 0 Å². The molecule has 0 saturated heterocycles. The van der Waals surface area contributed by atoms with Crippen LogP contribution in [0.5, 0.6) is 5.88 Å². The quantitative estimate of drug-likeness (QED) is 0.902. The summed E-state index contributed by atoms with van der Waals surface area (Å²) in [5, 5.41) is 12.2. The van der Waals surface area contributed by atoms with E-state index in [9.17, 15) is 0 Å². The minimum atomic E-state index is 0.0542. The molecule has 2 aromatic heterocycles. The molecule has 5 heteroatoms. The second kappa shape index (κ2) is 6.53. The smallest absolute Gasteiger partial charge is 0.237 e. The fourth-order valence-corrected chi connectivity index (χ4v) is 1.71. The third-order valence-electron chi connectivity index (χ3n) is 2.58. The van der Waals surface area contributed by atoms with Crippen molar-refractivity contribution < 1.29 is 4.74 Å². The van der Waals surface area contributed by atoms with Crippen LogP contribution in [0.3, 0.4) is 0 Å². The van der Waals surface area contributed by atoms with Gasteiger partial charge in [0.25, 0.3) is 0 Å². The molecule has 0 atom stereocenters. The van der Waals surface area contributed by atoms with Crippen molar-refractivity contribution in [3.63, 3.8) is 0 Å². The molecule has 102 valence electrons. The molecule has 0 radical (unpaired) electrons. The van der Waals surface area contributed by atoms with Crippen molar-refractivity contribution in [2.24, 2.45) is 0 Å². The number of anilines is 1. The van der Waals surface area contributed by atoms with E-state index in [-0.39, 0.29) is 6.10 Å². The average molecular weight is 268 g/mol. The molecule has 20 heavy (non-hydrogen) atoms. The summed E-state index contributed by atoms with van der Waals surface area (Å²) in [5.74, 6) is 0.560. The molecular formula is C15H16N4O. The Kier molecular flexibility index (Phi) is 4.51.